The zero-order chi connectivity index (χ0) is 33.4. The molecular formula is C38H41N3O7. The predicted octanol–water partition coefficient (Wildman–Crippen LogP) is 7.32. The van der Waals surface area contributed by atoms with Gasteiger partial charge >= 0.3 is 5.97 Å². The molecule has 0 saturated carbocycles. The molecule has 1 aliphatic rings. The normalized spacial score (nSPS) is 22.0. The molecule has 0 spiro atoms. The quantitative estimate of drug-likeness (QED) is 0.0508. The van der Waals surface area contributed by atoms with Crippen molar-refractivity contribution in [1.29, 1.82) is 0 Å². The van der Waals surface area contributed by atoms with Gasteiger partial charge in [-0.05, 0) is 34.7 Å². The van der Waals surface area contributed by atoms with E-state index < -0.39 is 42.5 Å². The number of carbonyl (C=O) groups is 1. The highest BCUT2D eigenvalue weighted by molar-refractivity contribution is 5.71. The molecule has 10 heteroatoms. The number of hydrogen-bond acceptors (Lipinski definition) is 8. The van der Waals surface area contributed by atoms with E-state index in [1.54, 1.807) is 6.92 Å². The monoisotopic (exact) mass is 651 g/mol. The Morgan fingerprint density at radius 2 is 1.17 bits per heavy atom. The van der Waals surface area contributed by atoms with E-state index in [2.05, 4.69) is 10.0 Å². The average Bonchev–Trinajstić information content (AvgIpc) is 3.12. The summed E-state index contributed by atoms with van der Waals surface area (Å²) < 4.78 is 38.1. The molecule has 5 atom stereocenters. The summed E-state index contributed by atoms with van der Waals surface area (Å²) in [5.74, 6) is -0.604. The standard InChI is InChI=1S/C38H41N3O7/c1-2-44-34(42)23-38(40-41-39)37(47-27-32-21-13-6-14-22-32)36(46-26-31-19-11-5-12-20-31)35(45-25-30-17-9-4-10-18-30)33(48-38)28-43-24-29-15-7-3-8-16-29/h3-22,33,35-37H,2,23-28H2,1H3/t33-,35-,36+,37-,38+/m1/s1. The number of azide groups is 1. The van der Waals surface area contributed by atoms with E-state index in [4.69, 9.17) is 28.4 Å². The molecule has 0 unspecified atom stereocenters. The first-order valence-corrected chi connectivity index (χ1v) is 16.1. The fourth-order valence-electron chi connectivity index (χ4n) is 5.69. The molecule has 10 nitrogen and oxygen atoms in total. The topological polar surface area (TPSA) is 121 Å². The third-order valence-corrected chi connectivity index (χ3v) is 7.94. The van der Waals surface area contributed by atoms with Crippen LogP contribution in [0.4, 0.5) is 0 Å². The molecule has 0 aliphatic carbocycles. The van der Waals surface area contributed by atoms with Gasteiger partial charge in [-0.25, -0.2) is 0 Å². The van der Waals surface area contributed by atoms with Gasteiger partial charge in [-0.1, -0.05) is 126 Å². The van der Waals surface area contributed by atoms with Crippen LogP contribution in [0.3, 0.4) is 0 Å². The molecule has 0 radical (unpaired) electrons. The highest BCUT2D eigenvalue weighted by Crippen LogP contribution is 2.40. The molecule has 0 N–H and O–H groups in total. The minimum absolute atomic E-state index is 0.0521. The summed E-state index contributed by atoms with van der Waals surface area (Å²) in [6.45, 7) is 2.78. The van der Waals surface area contributed by atoms with Crippen LogP contribution in [0.2, 0.25) is 0 Å². The van der Waals surface area contributed by atoms with Crippen molar-refractivity contribution < 1.29 is 33.2 Å². The Balaban J connectivity index is 1.54. The van der Waals surface area contributed by atoms with E-state index in [0.29, 0.717) is 6.61 Å². The number of hydrogen-bond donors (Lipinski definition) is 0. The smallest absolute Gasteiger partial charge is 0.308 e. The van der Waals surface area contributed by atoms with E-state index in [0.717, 1.165) is 22.3 Å². The fourth-order valence-corrected chi connectivity index (χ4v) is 5.69. The predicted molar refractivity (Wildman–Crippen MR) is 179 cm³/mol. The molecule has 1 aliphatic heterocycles. The van der Waals surface area contributed by atoms with Crippen molar-refractivity contribution in [2.45, 2.75) is 69.9 Å². The SMILES string of the molecule is CCOC(=O)C[C@]1(N=[N+]=[N-])O[C@H](COCc2ccccc2)[C@@H](OCc2ccccc2)[C@H](OCc2ccccc2)[C@H]1OCc1ccccc1. The Morgan fingerprint density at radius 3 is 1.65 bits per heavy atom. The van der Waals surface area contributed by atoms with Crippen LogP contribution in [0.25, 0.3) is 10.4 Å². The second kappa shape index (κ2) is 18.1. The molecule has 1 heterocycles. The van der Waals surface area contributed by atoms with Crippen molar-refractivity contribution in [3.63, 3.8) is 0 Å². The summed E-state index contributed by atoms with van der Waals surface area (Å²) in [5, 5.41) is 4.15. The highest BCUT2D eigenvalue weighted by atomic mass is 16.6. The molecule has 4 aromatic carbocycles. The summed E-state index contributed by atoms with van der Waals surface area (Å²) in [5.41, 5.74) is 11.8. The minimum atomic E-state index is -1.84. The molecule has 250 valence electrons. The van der Waals surface area contributed by atoms with E-state index in [9.17, 15) is 10.3 Å². The van der Waals surface area contributed by atoms with Gasteiger partial charge in [0.1, 0.15) is 24.4 Å². The van der Waals surface area contributed by atoms with Crippen LogP contribution in [-0.2, 0) is 59.6 Å². The van der Waals surface area contributed by atoms with Gasteiger partial charge in [0.2, 0.25) is 0 Å². The van der Waals surface area contributed by atoms with Gasteiger partial charge in [0.15, 0.2) is 5.72 Å². The minimum Gasteiger partial charge on any atom is -0.466 e. The maximum atomic E-state index is 13.2. The van der Waals surface area contributed by atoms with Crippen LogP contribution in [0.5, 0.6) is 0 Å². The van der Waals surface area contributed by atoms with Crippen molar-refractivity contribution in [3.8, 4) is 0 Å². The van der Waals surface area contributed by atoms with Crippen molar-refractivity contribution in [2.75, 3.05) is 13.2 Å². The van der Waals surface area contributed by atoms with E-state index in [-0.39, 0.29) is 33.0 Å². The van der Waals surface area contributed by atoms with Gasteiger partial charge in [-0.15, -0.1) is 0 Å². The Morgan fingerprint density at radius 1 is 0.708 bits per heavy atom. The molecule has 1 fully saturated rings. The number of ether oxygens (including phenoxy) is 6. The lowest BCUT2D eigenvalue weighted by Gasteiger charge is -2.50. The molecule has 0 bridgehead atoms. The molecule has 0 amide bonds. The van der Waals surface area contributed by atoms with Crippen LogP contribution >= 0.6 is 0 Å². The van der Waals surface area contributed by atoms with Gasteiger partial charge in [-0.2, -0.15) is 0 Å². The summed E-state index contributed by atoms with van der Waals surface area (Å²) in [6.07, 6.45) is -3.93. The maximum Gasteiger partial charge on any atom is 0.308 e. The molecule has 4 aromatic rings. The van der Waals surface area contributed by atoms with Crippen LogP contribution in [0.1, 0.15) is 35.6 Å². The first kappa shape index (κ1) is 34.8. The van der Waals surface area contributed by atoms with Crippen molar-refractivity contribution in [3.05, 3.63) is 154 Å². The number of benzene rings is 4. The Bertz CT molecular complexity index is 1570. The molecule has 0 aromatic heterocycles. The van der Waals surface area contributed by atoms with Gasteiger partial charge in [0.05, 0.1) is 46.1 Å². The lowest BCUT2D eigenvalue weighted by atomic mass is 9.88. The molecule has 5 rings (SSSR count). The zero-order valence-corrected chi connectivity index (χ0v) is 27.0. The Kier molecular flexibility index (Phi) is 13.1. The second-order valence-electron chi connectivity index (χ2n) is 11.4. The first-order chi connectivity index (χ1) is 23.6. The summed E-state index contributed by atoms with van der Waals surface area (Å²) in [4.78, 5) is 16.3. The summed E-state index contributed by atoms with van der Waals surface area (Å²) in [7, 11) is 0. The summed E-state index contributed by atoms with van der Waals surface area (Å²) >= 11 is 0. The number of nitrogens with zero attached hydrogens (tertiary/aromatic N) is 3. The highest BCUT2D eigenvalue weighted by Gasteiger charge is 2.58. The van der Waals surface area contributed by atoms with Crippen molar-refractivity contribution in [1.82, 2.24) is 0 Å². The van der Waals surface area contributed by atoms with Gasteiger partial charge in [0.25, 0.3) is 0 Å². The van der Waals surface area contributed by atoms with Gasteiger partial charge in [0, 0.05) is 4.91 Å². The Labute approximate surface area is 281 Å². The second-order valence-corrected chi connectivity index (χ2v) is 11.4. The maximum absolute atomic E-state index is 13.2. The number of carbonyl (C=O) groups excluding carboxylic acids is 1. The Hall–Kier alpha value is -4.54. The third kappa shape index (κ3) is 9.74. The largest absolute Gasteiger partial charge is 0.466 e. The number of esters is 1. The van der Waals surface area contributed by atoms with Gasteiger partial charge in [-0.3, -0.25) is 4.79 Å². The fraction of sp³-hybridized carbons (Fsp3) is 0.342. The third-order valence-electron chi connectivity index (χ3n) is 7.94. The van der Waals surface area contributed by atoms with E-state index in [1.807, 2.05) is 121 Å². The van der Waals surface area contributed by atoms with Crippen molar-refractivity contribution >= 4 is 5.97 Å². The van der Waals surface area contributed by atoms with Crippen LogP contribution in [0.15, 0.2) is 126 Å². The average molecular weight is 652 g/mol. The zero-order valence-electron chi connectivity index (χ0n) is 27.0. The van der Waals surface area contributed by atoms with Crippen molar-refractivity contribution in [2.24, 2.45) is 5.11 Å². The van der Waals surface area contributed by atoms with Crippen LogP contribution < -0.4 is 0 Å². The summed E-state index contributed by atoms with van der Waals surface area (Å²) in [6, 6.07) is 38.8. The van der Waals surface area contributed by atoms with Crippen LogP contribution in [-0.4, -0.2) is 49.3 Å². The lowest BCUT2D eigenvalue weighted by Crippen LogP contribution is -2.66. The van der Waals surface area contributed by atoms with E-state index >= 15 is 0 Å². The molecular weight excluding hydrogens is 610 g/mol. The number of rotatable bonds is 17. The van der Waals surface area contributed by atoms with E-state index in [1.165, 1.54) is 0 Å². The van der Waals surface area contributed by atoms with Crippen LogP contribution in [0, 0.1) is 0 Å². The first-order valence-electron chi connectivity index (χ1n) is 16.1. The molecule has 48 heavy (non-hydrogen) atoms. The van der Waals surface area contributed by atoms with Gasteiger partial charge < -0.3 is 28.4 Å². The molecule has 1 saturated heterocycles. The lowest BCUT2D eigenvalue weighted by molar-refractivity contribution is -0.307.